The van der Waals surface area contributed by atoms with E-state index < -0.39 is 9.84 Å². The highest BCUT2D eigenvalue weighted by Gasteiger charge is 2.25. The molecule has 3 heterocycles. The van der Waals surface area contributed by atoms with Gasteiger partial charge in [0.15, 0.2) is 22.6 Å². The second-order valence-electron chi connectivity index (χ2n) is 10.3. The predicted octanol–water partition coefficient (Wildman–Crippen LogP) is 3.93. The highest BCUT2D eigenvalue weighted by molar-refractivity contribution is 7.99. The molecule has 4 aromatic rings. The molecule has 11 nitrogen and oxygen atoms in total. The lowest BCUT2D eigenvalue weighted by Gasteiger charge is -2.36. The van der Waals surface area contributed by atoms with Gasteiger partial charge in [-0.05, 0) is 69.2 Å². The molecule has 1 saturated heterocycles. The van der Waals surface area contributed by atoms with Gasteiger partial charge in [-0.25, -0.2) is 18.4 Å². The van der Waals surface area contributed by atoms with E-state index in [4.69, 9.17) is 14.7 Å². The summed E-state index contributed by atoms with van der Waals surface area (Å²) in [5.74, 6) is 2.39. The number of methoxy groups -OCH3 is 1. The Bertz CT molecular complexity index is 1590. The van der Waals surface area contributed by atoms with E-state index in [1.54, 1.807) is 61.7 Å². The van der Waals surface area contributed by atoms with Crippen molar-refractivity contribution in [2.24, 2.45) is 0 Å². The minimum atomic E-state index is -3.60. The van der Waals surface area contributed by atoms with Crippen molar-refractivity contribution in [1.29, 1.82) is 0 Å². The van der Waals surface area contributed by atoms with Crippen LogP contribution in [0.3, 0.4) is 0 Å². The van der Waals surface area contributed by atoms with Crippen LogP contribution in [0.4, 0.5) is 17.5 Å². The lowest BCUT2D eigenvalue weighted by atomic mass is 10.3. The molecule has 0 aliphatic carbocycles. The summed E-state index contributed by atoms with van der Waals surface area (Å²) < 4.78 is 31.9. The van der Waals surface area contributed by atoms with Crippen LogP contribution in [0.2, 0.25) is 0 Å². The van der Waals surface area contributed by atoms with Crippen LogP contribution in [0, 0.1) is 6.92 Å². The number of piperazine rings is 1. The Kier molecular flexibility index (Phi) is 9.31. The van der Waals surface area contributed by atoms with Crippen molar-refractivity contribution in [3.8, 4) is 5.75 Å². The Morgan fingerprint density at radius 2 is 1.69 bits per heavy atom. The Morgan fingerprint density at radius 3 is 2.31 bits per heavy atom. The van der Waals surface area contributed by atoms with Gasteiger partial charge in [-0.2, -0.15) is 5.10 Å². The number of ether oxygens (including phenoxy) is 1. The fourth-order valence-corrected chi connectivity index (χ4v) is 6.64. The Hall–Kier alpha value is -3.65. The molecule has 1 aliphatic heterocycles. The number of aromatic nitrogens is 4. The molecular weight excluding hydrogens is 573 g/mol. The van der Waals surface area contributed by atoms with Gasteiger partial charge in [0, 0.05) is 55.9 Å². The molecule has 0 bridgehead atoms. The third-order valence-electron chi connectivity index (χ3n) is 6.92. The van der Waals surface area contributed by atoms with Crippen molar-refractivity contribution in [3.63, 3.8) is 0 Å². The molecule has 2 aromatic carbocycles. The Labute approximate surface area is 251 Å². The number of sulfone groups is 1. The first kappa shape index (κ1) is 29.8. The predicted molar refractivity (Wildman–Crippen MR) is 165 cm³/mol. The summed E-state index contributed by atoms with van der Waals surface area (Å²) in [4.78, 5) is 17.9. The van der Waals surface area contributed by atoms with Gasteiger partial charge in [0.1, 0.15) is 0 Å². The van der Waals surface area contributed by atoms with Crippen LogP contribution in [0.15, 0.2) is 80.5 Å². The van der Waals surface area contributed by atoms with Crippen LogP contribution in [0.25, 0.3) is 0 Å². The third kappa shape index (κ3) is 7.04. The molecule has 0 unspecified atom stereocenters. The first-order valence-electron chi connectivity index (χ1n) is 13.7. The topological polar surface area (TPSA) is 120 Å². The van der Waals surface area contributed by atoms with Crippen LogP contribution in [0.1, 0.15) is 5.69 Å². The standard InChI is InChI=1S/C29H36N8O3S2/c1-21-20-25(34-33-21)30-27-26(40-4)28(37-18-16-36(17-19-37)15-14-35(2)3)32-29(31-27)41-22-10-12-24(13-11-22)42(38,39)23-8-6-5-7-9-23/h5-13,20H,14-19H2,1-4H3,(H2,30,31,32,33,34). The smallest absolute Gasteiger partial charge is 0.206 e. The van der Waals surface area contributed by atoms with Gasteiger partial charge in [-0.15, -0.1) is 0 Å². The van der Waals surface area contributed by atoms with E-state index in [1.807, 2.05) is 13.0 Å². The zero-order valence-electron chi connectivity index (χ0n) is 24.2. The van der Waals surface area contributed by atoms with Crippen LogP contribution >= 0.6 is 11.8 Å². The summed E-state index contributed by atoms with van der Waals surface area (Å²) in [5.41, 5.74) is 0.916. The number of anilines is 3. The molecule has 1 fully saturated rings. The fourth-order valence-electron chi connectivity index (χ4n) is 4.61. The summed E-state index contributed by atoms with van der Waals surface area (Å²) in [5, 5.41) is 11.0. The number of benzene rings is 2. The summed E-state index contributed by atoms with van der Waals surface area (Å²) in [6, 6.07) is 17.1. The highest BCUT2D eigenvalue weighted by atomic mass is 32.2. The van der Waals surface area contributed by atoms with E-state index >= 15 is 0 Å². The van der Waals surface area contributed by atoms with Crippen molar-refractivity contribution < 1.29 is 13.2 Å². The first-order chi connectivity index (χ1) is 20.2. The minimum absolute atomic E-state index is 0.234. The number of nitrogens with zero attached hydrogens (tertiary/aromatic N) is 6. The van der Waals surface area contributed by atoms with Gasteiger partial charge >= 0.3 is 0 Å². The maximum atomic E-state index is 13.0. The van der Waals surface area contributed by atoms with Crippen molar-refractivity contribution in [2.45, 2.75) is 26.8 Å². The van der Waals surface area contributed by atoms with E-state index in [1.165, 1.54) is 11.8 Å². The molecule has 0 radical (unpaired) electrons. The molecule has 2 aromatic heterocycles. The Morgan fingerprint density at radius 1 is 1.00 bits per heavy atom. The highest BCUT2D eigenvalue weighted by Crippen LogP contribution is 2.38. The maximum absolute atomic E-state index is 13.0. The maximum Gasteiger partial charge on any atom is 0.206 e. The van der Waals surface area contributed by atoms with Gasteiger partial charge in [-0.1, -0.05) is 18.2 Å². The molecule has 0 saturated carbocycles. The summed E-state index contributed by atoms with van der Waals surface area (Å²) in [6.45, 7) is 7.41. The van der Waals surface area contributed by atoms with E-state index in [2.05, 4.69) is 44.3 Å². The van der Waals surface area contributed by atoms with Crippen molar-refractivity contribution >= 4 is 39.1 Å². The number of H-pyrrole nitrogens is 1. The normalized spacial score (nSPS) is 14.4. The zero-order chi connectivity index (χ0) is 29.7. The second kappa shape index (κ2) is 13.1. The number of aromatic amines is 1. The summed E-state index contributed by atoms with van der Waals surface area (Å²) in [7, 11) is 2.20. The average Bonchev–Trinajstić information content (AvgIpc) is 3.41. The number of aryl methyl sites for hydroxylation is 1. The van der Waals surface area contributed by atoms with Crippen molar-refractivity contribution in [2.75, 3.05) is 70.7 Å². The number of hydrogen-bond donors (Lipinski definition) is 2. The second-order valence-corrected chi connectivity index (χ2v) is 13.3. The average molecular weight is 609 g/mol. The third-order valence-corrected chi connectivity index (χ3v) is 9.57. The van der Waals surface area contributed by atoms with Crippen LogP contribution < -0.4 is 15.0 Å². The van der Waals surface area contributed by atoms with Gasteiger partial charge in [0.2, 0.25) is 15.6 Å². The largest absolute Gasteiger partial charge is 0.490 e. The molecule has 222 valence electrons. The summed E-state index contributed by atoms with van der Waals surface area (Å²) >= 11 is 1.36. The molecular formula is C29H36N8O3S2. The number of hydrogen-bond acceptors (Lipinski definition) is 11. The number of nitrogens with one attached hydrogen (secondary N) is 2. The first-order valence-corrected chi connectivity index (χ1v) is 16.0. The number of likely N-dealkylation sites (N-methyl/N-ethyl adjacent to an activating group) is 1. The van der Waals surface area contributed by atoms with E-state index in [0.717, 1.165) is 49.9 Å². The van der Waals surface area contributed by atoms with Crippen LogP contribution in [-0.2, 0) is 9.84 Å². The molecule has 1 aliphatic rings. The van der Waals surface area contributed by atoms with Gasteiger partial charge in [0.25, 0.3) is 0 Å². The minimum Gasteiger partial charge on any atom is -0.490 e. The summed E-state index contributed by atoms with van der Waals surface area (Å²) in [6.07, 6.45) is 0. The molecule has 5 rings (SSSR count). The molecule has 0 atom stereocenters. The molecule has 2 N–H and O–H groups in total. The van der Waals surface area contributed by atoms with Gasteiger partial charge in [0.05, 0.1) is 16.9 Å². The molecule has 42 heavy (non-hydrogen) atoms. The van der Waals surface area contributed by atoms with Crippen LogP contribution in [0.5, 0.6) is 5.75 Å². The van der Waals surface area contributed by atoms with E-state index in [-0.39, 0.29) is 9.79 Å². The van der Waals surface area contributed by atoms with Crippen LogP contribution in [-0.4, -0.2) is 98.9 Å². The zero-order valence-corrected chi connectivity index (χ0v) is 25.9. The number of rotatable bonds is 11. The van der Waals surface area contributed by atoms with Crippen molar-refractivity contribution in [1.82, 2.24) is 30.0 Å². The van der Waals surface area contributed by atoms with Gasteiger partial charge in [-0.3, -0.25) is 10.00 Å². The molecule has 13 heteroatoms. The Balaban J connectivity index is 1.42. The fraction of sp³-hybridized carbons (Fsp3) is 0.345. The van der Waals surface area contributed by atoms with Crippen molar-refractivity contribution in [3.05, 3.63) is 66.4 Å². The van der Waals surface area contributed by atoms with E-state index in [0.29, 0.717) is 28.4 Å². The quantitative estimate of drug-likeness (QED) is 0.241. The lowest BCUT2D eigenvalue weighted by molar-refractivity contribution is 0.228. The monoisotopic (exact) mass is 608 g/mol. The van der Waals surface area contributed by atoms with E-state index in [9.17, 15) is 8.42 Å². The molecule has 0 amide bonds. The van der Waals surface area contributed by atoms with Gasteiger partial charge < -0.3 is 19.9 Å². The molecule has 0 spiro atoms. The SMILES string of the molecule is COc1c(Nc2cc(C)[nH]n2)nc(Sc2ccc(S(=O)(=O)c3ccccc3)cc2)nc1N1CCN(CCN(C)C)CC1. The lowest BCUT2D eigenvalue weighted by Crippen LogP contribution is -2.48.